The van der Waals surface area contributed by atoms with Crippen molar-refractivity contribution in [3.63, 3.8) is 0 Å². The lowest BCUT2D eigenvalue weighted by molar-refractivity contribution is -0.137. The largest absolute Gasteiger partial charge is 0.416 e. The van der Waals surface area contributed by atoms with Crippen LogP contribution < -0.4 is 5.73 Å². The molecule has 0 aliphatic carbocycles. The molecule has 19 heavy (non-hydrogen) atoms. The highest BCUT2D eigenvalue weighted by Gasteiger charge is 2.31. The molecule has 0 amide bonds. The Morgan fingerprint density at radius 2 is 2.00 bits per heavy atom. The summed E-state index contributed by atoms with van der Waals surface area (Å²) in [6, 6.07) is 3.38. The Morgan fingerprint density at radius 3 is 2.53 bits per heavy atom. The number of nitrogens with two attached hydrogens (primary N) is 1. The molecule has 0 bridgehead atoms. The van der Waals surface area contributed by atoms with Crippen LogP contribution in [0.1, 0.15) is 37.3 Å². The van der Waals surface area contributed by atoms with E-state index in [-0.39, 0.29) is 11.4 Å². The van der Waals surface area contributed by atoms with E-state index in [9.17, 15) is 13.2 Å². The second kappa shape index (κ2) is 6.84. The summed E-state index contributed by atoms with van der Waals surface area (Å²) >= 11 is 1.45. The van der Waals surface area contributed by atoms with Gasteiger partial charge >= 0.3 is 6.18 Å². The minimum absolute atomic E-state index is 0.163. The number of alkyl halides is 3. The molecule has 0 atom stereocenters. The van der Waals surface area contributed by atoms with E-state index in [2.05, 4.69) is 6.92 Å². The van der Waals surface area contributed by atoms with Crippen molar-refractivity contribution in [2.45, 2.75) is 37.3 Å². The van der Waals surface area contributed by atoms with Gasteiger partial charge in [-0.2, -0.15) is 13.2 Å². The third kappa shape index (κ3) is 4.78. The van der Waals surface area contributed by atoms with Gasteiger partial charge in [-0.15, -0.1) is 11.8 Å². The predicted octanol–water partition coefficient (Wildman–Crippen LogP) is 4.27. The van der Waals surface area contributed by atoms with Crippen LogP contribution >= 0.6 is 11.8 Å². The fourth-order valence-electron chi connectivity index (χ4n) is 1.58. The number of halogens is 3. The molecule has 1 aromatic carbocycles. The van der Waals surface area contributed by atoms with E-state index in [1.807, 2.05) is 0 Å². The highest BCUT2D eigenvalue weighted by molar-refractivity contribution is 7.99. The number of hydrogen-bond donors (Lipinski definition) is 2. The summed E-state index contributed by atoms with van der Waals surface area (Å²) in [4.78, 5) is 0.636. The molecule has 0 aliphatic rings. The summed E-state index contributed by atoms with van der Waals surface area (Å²) < 4.78 is 37.8. The van der Waals surface area contributed by atoms with Crippen molar-refractivity contribution in [1.29, 1.82) is 5.41 Å². The van der Waals surface area contributed by atoms with E-state index in [0.717, 1.165) is 37.1 Å². The lowest BCUT2D eigenvalue weighted by Gasteiger charge is -2.12. The monoisotopic (exact) mass is 290 g/mol. The quantitative estimate of drug-likeness (QED) is 0.356. The zero-order valence-electron chi connectivity index (χ0n) is 10.7. The minimum Gasteiger partial charge on any atom is -0.384 e. The van der Waals surface area contributed by atoms with E-state index in [1.54, 1.807) is 0 Å². The molecule has 1 aromatic rings. The molecule has 0 fully saturated rings. The van der Waals surface area contributed by atoms with Crippen molar-refractivity contribution < 1.29 is 13.2 Å². The molecule has 0 aliphatic heterocycles. The fourth-order valence-corrected chi connectivity index (χ4v) is 2.63. The third-order valence-electron chi connectivity index (χ3n) is 2.60. The smallest absolute Gasteiger partial charge is 0.384 e. The number of nitrogens with one attached hydrogen (secondary N) is 1. The van der Waals surface area contributed by atoms with Gasteiger partial charge in [-0.1, -0.05) is 19.8 Å². The normalized spacial score (nSPS) is 11.6. The molecule has 106 valence electrons. The molecule has 0 aromatic heterocycles. The molecule has 2 nitrogen and oxygen atoms in total. The van der Waals surface area contributed by atoms with Crippen LogP contribution in [0.2, 0.25) is 0 Å². The van der Waals surface area contributed by atoms with Crippen LogP contribution in [-0.4, -0.2) is 11.6 Å². The Hall–Kier alpha value is -1.17. The number of rotatable bonds is 6. The number of thioether (sulfide) groups is 1. The molecule has 6 heteroatoms. The fraction of sp³-hybridized carbons (Fsp3) is 0.462. The van der Waals surface area contributed by atoms with E-state index in [4.69, 9.17) is 11.1 Å². The second-order valence-electron chi connectivity index (χ2n) is 4.18. The van der Waals surface area contributed by atoms with Crippen molar-refractivity contribution in [2.24, 2.45) is 5.73 Å². The third-order valence-corrected chi connectivity index (χ3v) is 3.76. The molecule has 0 heterocycles. The lowest BCUT2D eigenvalue weighted by atomic mass is 10.1. The van der Waals surface area contributed by atoms with Gasteiger partial charge < -0.3 is 5.73 Å². The Balaban J connectivity index is 2.90. The van der Waals surface area contributed by atoms with Gasteiger partial charge in [0.1, 0.15) is 5.84 Å². The van der Waals surface area contributed by atoms with Gasteiger partial charge in [0.15, 0.2) is 0 Å². The van der Waals surface area contributed by atoms with Crippen LogP contribution in [0.25, 0.3) is 0 Å². The first-order valence-corrected chi connectivity index (χ1v) is 7.03. The van der Waals surface area contributed by atoms with Crippen molar-refractivity contribution in [3.05, 3.63) is 29.3 Å². The predicted molar refractivity (Wildman–Crippen MR) is 72.7 cm³/mol. The maximum absolute atomic E-state index is 12.6. The molecule has 3 N–H and O–H groups in total. The van der Waals surface area contributed by atoms with Crippen LogP contribution in [0.4, 0.5) is 13.2 Å². The Kier molecular flexibility index (Phi) is 5.72. The maximum Gasteiger partial charge on any atom is 0.416 e. The van der Waals surface area contributed by atoms with Crippen molar-refractivity contribution >= 4 is 17.6 Å². The molecular formula is C13H17F3N2S. The number of nitrogen functional groups attached to an aromatic ring is 1. The number of hydrogen-bond acceptors (Lipinski definition) is 2. The average molecular weight is 290 g/mol. The highest BCUT2D eigenvalue weighted by atomic mass is 32.2. The number of amidine groups is 1. The molecule has 0 unspecified atom stereocenters. The summed E-state index contributed by atoms with van der Waals surface area (Å²) in [5.41, 5.74) is 4.76. The second-order valence-corrected chi connectivity index (χ2v) is 5.31. The van der Waals surface area contributed by atoms with Crippen LogP contribution in [0.3, 0.4) is 0 Å². The van der Waals surface area contributed by atoms with Crippen LogP contribution in [-0.2, 0) is 6.18 Å². The number of unbranched alkanes of at least 4 members (excludes halogenated alkanes) is 2. The van der Waals surface area contributed by atoms with E-state index < -0.39 is 11.7 Å². The Bertz CT molecular complexity index is 444. The SMILES string of the molecule is CCCCCSc1ccc(C(F)(F)F)cc1C(=N)N. The summed E-state index contributed by atoms with van der Waals surface area (Å²) in [5, 5.41) is 7.39. The number of benzene rings is 1. The molecule has 1 rings (SSSR count). The minimum atomic E-state index is -4.41. The summed E-state index contributed by atoms with van der Waals surface area (Å²) in [5.74, 6) is 0.489. The van der Waals surface area contributed by atoms with Crippen LogP contribution in [0.15, 0.2) is 23.1 Å². The molecule has 0 saturated heterocycles. The van der Waals surface area contributed by atoms with E-state index in [0.29, 0.717) is 4.90 Å². The van der Waals surface area contributed by atoms with Gasteiger partial charge in [-0.3, -0.25) is 5.41 Å². The molecule has 0 radical (unpaired) electrons. The van der Waals surface area contributed by atoms with Gasteiger partial charge in [-0.25, -0.2) is 0 Å². The van der Waals surface area contributed by atoms with Crippen LogP contribution in [0.5, 0.6) is 0 Å². The first-order valence-electron chi connectivity index (χ1n) is 6.04. The van der Waals surface area contributed by atoms with Crippen LogP contribution in [0, 0.1) is 5.41 Å². The first kappa shape index (κ1) is 15.9. The van der Waals surface area contributed by atoms with Gasteiger partial charge in [0, 0.05) is 10.5 Å². The van der Waals surface area contributed by atoms with Gasteiger partial charge in [0.25, 0.3) is 0 Å². The topological polar surface area (TPSA) is 49.9 Å². The van der Waals surface area contributed by atoms with Crippen molar-refractivity contribution in [1.82, 2.24) is 0 Å². The summed E-state index contributed by atoms with van der Waals surface area (Å²) in [7, 11) is 0. The van der Waals surface area contributed by atoms with Crippen molar-refractivity contribution in [2.75, 3.05) is 5.75 Å². The summed E-state index contributed by atoms with van der Waals surface area (Å²) in [6.07, 6.45) is -1.23. The van der Waals surface area contributed by atoms with Gasteiger partial charge in [-0.05, 0) is 30.4 Å². The Labute approximate surface area is 115 Å². The lowest BCUT2D eigenvalue weighted by Crippen LogP contribution is -2.15. The zero-order valence-corrected chi connectivity index (χ0v) is 11.5. The van der Waals surface area contributed by atoms with Gasteiger partial charge in [0.05, 0.1) is 5.56 Å². The molecule has 0 spiro atoms. The maximum atomic E-state index is 12.6. The summed E-state index contributed by atoms with van der Waals surface area (Å²) in [6.45, 7) is 2.09. The van der Waals surface area contributed by atoms with E-state index in [1.165, 1.54) is 17.8 Å². The highest BCUT2D eigenvalue weighted by Crippen LogP contribution is 2.33. The first-order chi connectivity index (χ1) is 8.86. The van der Waals surface area contributed by atoms with Gasteiger partial charge in [0.2, 0.25) is 0 Å². The molecular weight excluding hydrogens is 273 g/mol. The molecule has 0 saturated carbocycles. The average Bonchev–Trinajstić information content (AvgIpc) is 2.33. The standard InChI is InChI=1S/C13H17F3N2S/c1-2-3-4-7-19-11-6-5-9(13(14,15)16)8-10(11)12(17)18/h5-6,8H,2-4,7H2,1H3,(H3,17,18). The van der Waals surface area contributed by atoms with Crippen molar-refractivity contribution in [3.8, 4) is 0 Å². The zero-order chi connectivity index (χ0) is 14.5. The Morgan fingerprint density at radius 1 is 1.32 bits per heavy atom. The van der Waals surface area contributed by atoms with E-state index >= 15 is 0 Å².